The van der Waals surface area contributed by atoms with E-state index in [1.54, 1.807) is 16.7 Å². The Hall–Kier alpha value is -1.55. The van der Waals surface area contributed by atoms with Crippen molar-refractivity contribution in [3.05, 3.63) is 0 Å². The van der Waals surface area contributed by atoms with Gasteiger partial charge >= 0.3 is 12.1 Å². The molecule has 0 saturated carbocycles. The molecule has 0 spiro atoms. The summed E-state index contributed by atoms with van der Waals surface area (Å²) in [5.41, 5.74) is 0. The lowest BCUT2D eigenvalue weighted by molar-refractivity contribution is -0.148. The summed E-state index contributed by atoms with van der Waals surface area (Å²) in [6.45, 7) is 3.09. The van der Waals surface area contributed by atoms with Crippen LogP contribution in [0.15, 0.2) is 0 Å². The summed E-state index contributed by atoms with van der Waals surface area (Å²) in [5, 5.41) is 0. The molecular weight excluding hydrogens is 378 g/mol. The summed E-state index contributed by atoms with van der Waals surface area (Å²) in [5.74, 6) is -0.104. The fourth-order valence-electron chi connectivity index (χ4n) is 2.99. The summed E-state index contributed by atoms with van der Waals surface area (Å²) >= 11 is 6.52. The van der Waals surface area contributed by atoms with E-state index in [1.807, 2.05) is 14.1 Å². The van der Waals surface area contributed by atoms with Crippen LogP contribution in [0.4, 0.5) is 4.79 Å². The van der Waals surface area contributed by atoms with Crippen molar-refractivity contribution >= 4 is 46.3 Å². The second-order valence-corrected chi connectivity index (χ2v) is 7.92. The Morgan fingerprint density at radius 2 is 2.00 bits per heavy atom. The summed E-state index contributed by atoms with van der Waals surface area (Å²) < 4.78 is 10.7. The molecule has 2 fully saturated rings. The predicted octanol–water partition coefficient (Wildman–Crippen LogP) is 0.941. The van der Waals surface area contributed by atoms with Crippen molar-refractivity contribution in [3.63, 3.8) is 0 Å². The van der Waals surface area contributed by atoms with Crippen LogP contribution in [0.1, 0.15) is 19.8 Å². The normalized spacial score (nSPS) is 20.7. The first kappa shape index (κ1) is 20.8. The molecule has 0 aromatic rings. The molecule has 2 heterocycles. The molecule has 2 aliphatic heterocycles. The van der Waals surface area contributed by atoms with E-state index in [0.29, 0.717) is 36.0 Å². The minimum absolute atomic E-state index is 0.0232. The average Bonchev–Trinajstić information content (AvgIpc) is 3.01. The molecule has 0 N–H and O–H groups in total. The fraction of sp³-hybridized carbons (Fsp3) is 0.750. The number of carbonyl (C=O) groups excluding carboxylic acids is 3. The molecule has 26 heavy (non-hydrogen) atoms. The van der Waals surface area contributed by atoms with E-state index in [2.05, 4.69) is 0 Å². The van der Waals surface area contributed by atoms with Gasteiger partial charge in [0.25, 0.3) is 0 Å². The molecule has 1 atom stereocenters. The maximum absolute atomic E-state index is 12.3. The number of rotatable bonds is 5. The largest absolute Gasteiger partial charge is 0.464 e. The molecule has 146 valence electrons. The number of hydrogen-bond donors (Lipinski definition) is 0. The highest BCUT2D eigenvalue weighted by Gasteiger charge is 2.44. The number of likely N-dealkylation sites (tertiary alicyclic amines) is 1. The topological polar surface area (TPSA) is 79.4 Å². The Labute approximate surface area is 163 Å². The molecule has 0 aliphatic carbocycles. The molecule has 2 saturated heterocycles. The van der Waals surface area contributed by atoms with Gasteiger partial charge in [-0.2, -0.15) is 0 Å². The minimum atomic E-state index is -0.692. The van der Waals surface area contributed by atoms with Crippen LogP contribution in [0.3, 0.4) is 0 Å². The quantitative estimate of drug-likeness (QED) is 0.496. The van der Waals surface area contributed by atoms with Crippen LogP contribution in [0.2, 0.25) is 0 Å². The first-order chi connectivity index (χ1) is 12.3. The van der Waals surface area contributed by atoms with Crippen molar-refractivity contribution in [2.45, 2.75) is 31.8 Å². The number of ether oxygens (including phenoxy) is 2. The molecular formula is C16H25N3O5S2. The molecule has 2 amide bonds. The summed E-state index contributed by atoms with van der Waals surface area (Å²) in [6.07, 6.45) is 0.735. The monoisotopic (exact) mass is 403 g/mol. The van der Waals surface area contributed by atoms with E-state index in [-0.39, 0.29) is 25.2 Å². The van der Waals surface area contributed by atoms with Gasteiger partial charge in [0.1, 0.15) is 10.9 Å². The highest BCUT2D eigenvalue weighted by molar-refractivity contribution is 8.23. The molecule has 0 aromatic heterocycles. The SMILES string of the molecule is CCOC(=O)C1COC(=O)N1C1CCN(C(=O)CSC(=S)N(C)C)CC1. The lowest BCUT2D eigenvalue weighted by atomic mass is 10.0. The van der Waals surface area contributed by atoms with E-state index in [4.69, 9.17) is 21.7 Å². The predicted molar refractivity (Wildman–Crippen MR) is 102 cm³/mol. The smallest absolute Gasteiger partial charge is 0.410 e. The van der Waals surface area contributed by atoms with Crippen LogP contribution < -0.4 is 0 Å². The van der Waals surface area contributed by atoms with Gasteiger partial charge in [-0.1, -0.05) is 24.0 Å². The van der Waals surface area contributed by atoms with Gasteiger partial charge in [0, 0.05) is 33.2 Å². The maximum Gasteiger partial charge on any atom is 0.410 e. The van der Waals surface area contributed by atoms with E-state index in [9.17, 15) is 14.4 Å². The third-order valence-corrected chi connectivity index (χ3v) is 6.09. The third-order valence-electron chi connectivity index (χ3n) is 4.36. The Morgan fingerprint density at radius 1 is 1.35 bits per heavy atom. The summed E-state index contributed by atoms with van der Waals surface area (Å²) in [6, 6.07) is -0.818. The van der Waals surface area contributed by atoms with Crippen molar-refractivity contribution in [3.8, 4) is 0 Å². The van der Waals surface area contributed by atoms with E-state index in [0.717, 1.165) is 0 Å². The molecule has 0 bridgehead atoms. The molecule has 1 unspecified atom stereocenters. The lowest BCUT2D eigenvalue weighted by Crippen LogP contribution is -2.52. The summed E-state index contributed by atoms with van der Waals surface area (Å²) in [7, 11) is 3.70. The van der Waals surface area contributed by atoms with E-state index < -0.39 is 18.1 Å². The number of hydrogen-bond acceptors (Lipinski definition) is 7. The molecule has 2 rings (SSSR count). The van der Waals surface area contributed by atoms with Gasteiger partial charge in [0.15, 0.2) is 6.04 Å². The second kappa shape index (κ2) is 9.40. The van der Waals surface area contributed by atoms with Crippen LogP contribution in [-0.4, -0.2) is 95.2 Å². The van der Waals surface area contributed by atoms with Gasteiger partial charge in [-0.05, 0) is 19.8 Å². The second-order valence-electron chi connectivity index (χ2n) is 6.31. The molecule has 0 aromatic carbocycles. The number of esters is 1. The van der Waals surface area contributed by atoms with Crippen molar-refractivity contribution in [1.29, 1.82) is 0 Å². The fourth-order valence-corrected chi connectivity index (χ4v) is 3.86. The zero-order valence-corrected chi connectivity index (χ0v) is 16.9. The Bertz CT molecular complexity index is 564. The van der Waals surface area contributed by atoms with Gasteiger partial charge < -0.3 is 19.3 Å². The lowest BCUT2D eigenvalue weighted by Gasteiger charge is -2.37. The zero-order chi connectivity index (χ0) is 19.3. The van der Waals surface area contributed by atoms with Crippen molar-refractivity contribution < 1.29 is 23.9 Å². The average molecular weight is 404 g/mol. The summed E-state index contributed by atoms with van der Waals surface area (Å²) in [4.78, 5) is 41.5. The third kappa shape index (κ3) is 5.00. The van der Waals surface area contributed by atoms with Gasteiger partial charge in [-0.25, -0.2) is 9.59 Å². The van der Waals surface area contributed by atoms with E-state index in [1.165, 1.54) is 16.7 Å². The van der Waals surface area contributed by atoms with Gasteiger partial charge in [0.05, 0.1) is 12.4 Å². The number of carbonyl (C=O) groups is 3. The first-order valence-corrected chi connectivity index (χ1v) is 9.98. The molecule has 8 nitrogen and oxygen atoms in total. The number of thiocarbonyl (C=S) groups is 1. The number of nitrogens with zero attached hydrogens (tertiary/aromatic N) is 3. The Morgan fingerprint density at radius 3 is 2.58 bits per heavy atom. The highest BCUT2D eigenvalue weighted by atomic mass is 32.2. The van der Waals surface area contributed by atoms with Gasteiger partial charge in [-0.3, -0.25) is 9.69 Å². The van der Waals surface area contributed by atoms with Crippen molar-refractivity contribution in [2.24, 2.45) is 0 Å². The Balaban J connectivity index is 1.86. The maximum atomic E-state index is 12.3. The highest BCUT2D eigenvalue weighted by Crippen LogP contribution is 2.25. The van der Waals surface area contributed by atoms with Crippen LogP contribution in [0, 0.1) is 0 Å². The van der Waals surface area contributed by atoms with Crippen LogP contribution in [-0.2, 0) is 19.1 Å². The van der Waals surface area contributed by atoms with Crippen LogP contribution >= 0.6 is 24.0 Å². The van der Waals surface area contributed by atoms with Crippen molar-refractivity contribution in [2.75, 3.05) is 46.2 Å². The molecule has 0 radical (unpaired) electrons. The van der Waals surface area contributed by atoms with Gasteiger partial charge in [0.2, 0.25) is 5.91 Å². The number of piperidine rings is 1. The van der Waals surface area contributed by atoms with Crippen LogP contribution in [0.5, 0.6) is 0 Å². The zero-order valence-electron chi connectivity index (χ0n) is 15.3. The molecule has 2 aliphatic rings. The van der Waals surface area contributed by atoms with E-state index >= 15 is 0 Å². The number of amides is 2. The Kier molecular flexibility index (Phi) is 7.51. The number of thioether (sulfide) groups is 1. The van der Waals surface area contributed by atoms with Crippen molar-refractivity contribution in [1.82, 2.24) is 14.7 Å². The van der Waals surface area contributed by atoms with Crippen LogP contribution in [0.25, 0.3) is 0 Å². The minimum Gasteiger partial charge on any atom is -0.464 e. The molecule has 10 heteroatoms. The number of cyclic esters (lactones) is 1. The first-order valence-electron chi connectivity index (χ1n) is 8.58. The standard InChI is InChI=1S/C16H25N3O5S2/c1-4-23-14(21)12-9-24-15(22)19(12)11-5-7-18(8-6-11)13(20)10-26-16(25)17(2)3/h11-12H,4-10H2,1-3H3. The van der Waals surface area contributed by atoms with Gasteiger partial charge in [-0.15, -0.1) is 0 Å².